The van der Waals surface area contributed by atoms with Gasteiger partial charge in [0.25, 0.3) is 5.91 Å². The van der Waals surface area contributed by atoms with Crippen LogP contribution in [0.15, 0.2) is 100 Å². The minimum absolute atomic E-state index is 0.0272. The Bertz CT molecular complexity index is 1790. The molecule has 0 fully saturated rings. The van der Waals surface area contributed by atoms with Crippen LogP contribution in [0.5, 0.6) is 0 Å². The number of carboxylic acids is 1. The summed E-state index contributed by atoms with van der Waals surface area (Å²) in [7, 11) is -4.00. The molecular weight excluding hydrogens is 516 g/mol. The van der Waals surface area contributed by atoms with Crippen LogP contribution in [0.1, 0.15) is 24.4 Å². The van der Waals surface area contributed by atoms with Gasteiger partial charge in [0.15, 0.2) is 5.76 Å². The van der Waals surface area contributed by atoms with Crippen molar-refractivity contribution in [2.45, 2.75) is 24.8 Å². The van der Waals surface area contributed by atoms with Crippen LogP contribution < -0.4 is 10.0 Å². The molecule has 0 bridgehead atoms. The molecular formula is C30H26N2O6S. The van der Waals surface area contributed by atoms with Crippen LogP contribution in [-0.4, -0.2) is 31.4 Å². The van der Waals surface area contributed by atoms with Crippen molar-refractivity contribution in [2.75, 3.05) is 5.32 Å². The van der Waals surface area contributed by atoms with Crippen molar-refractivity contribution in [2.24, 2.45) is 5.92 Å². The molecule has 0 aliphatic carbocycles. The quantitative estimate of drug-likeness (QED) is 0.224. The Kier molecular flexibility index (Phi) is 6.94. The van der Waals surface area contributed by atoms with Gasteiger partial charge in [0.1, 0.15) is 11.6 Å². The molecule has 0 aliphatic heterocycles. The summed E-state index contributed by atoms with van der Waals surface area (Å²) in [6.45, 7) is 3.27. The molecule has 0 spiro atoms. The predicted molar refractivity (Wildman–Crippen MR) is 150 cm³/mol. The summed E-state index contributed by atoms with van der Waals surface area (Å²) >= 11 is 0. The van der Waals surface area contributed by atoms with Crippen molar-refractivity contribution in [3.63, 3.8) is 0 Å². The Morgan fingerprint density at radius 2 is 1.44 bits per heavy atom. The minimum Gasteiger partial charge on any atom is -0.480 e. The van der Waals surface area contributed by atoms with E-state index in [1.807, 2.05) is 48.5 Å². The van der Waals surface area contributed by atoms with Crippen molar-refractivity contribution in [1.82, 2.24) is 4.72 Å². The summed E-state index contributed by atoms with van der Waals surface area (Å²) in [6.07, 6.45) is 0. The SMILES string of the molecule is CC(C)[C@H](NS(=O)(=O)c1ccc(-c2ccc(NC(=O)c3cc4ccc5ccccc5c4o3)cc2)cc1)C(=O)O. The number of carbonyl (C=O) groups excluding carboxylic acids is 1. The number of rotatable bonds is 8. The van der Waals surface area contributed by atoms with E-state index in [0.29, 0.717) is 11.3 Å². The topological polar surface area (TPSA) is 126 Å². The molecule has 1 amide bonds. The molecule has 5 rings (SSSR count). The molecule has 0 aliphatic rings. The number of anilines is 1. The first-order valence-electron chi connectivity index (χ1n) is 12.3. The molecule has 39 heavy (non-hydrogen) atoms. The first-order chi connectivity index (χ1) is 18.6. The average molecular weight is 543 g/mol. The lowest BCUT2D eigenvalue weighted by atomic mass is 10.1. The molecule has 8 nitrogen and oxygen atoms in total. The highest BCUT2D eigenvalue weighted by Crippen LogP contribution is 2.29. The van der Waals surface area contributed by atoms with Crippen LogP contribution in [0.25, 0.3) is 32.9 Å². The van der Waals surface area contributed by atoms with Crippen molar-refractivity contribution in [3.05, 3.63) is 96.8 Å². The normalized spacial score (nSPS) is 12.6. The van der Waals surface area contributed by atoms with E-state index in [1.54, 1.807) is 44.2 Å². The molecule has 0 saturated heterocycles. The molecule has 5 aromatic rings. The van der Waals surface area contributed by atoms with Gasteiger partial charge in [-0.15, -0.1) is 0 Å². The number of carbonyl (C=O) groups is 2. The lowest BCUT2D eigenvalue weighted by Crippen LogP contribution is -2.44. The summed E-state index contributed by atoms with van der Waals surface area (Å²) in [6, 6.07) is 25.5. The molecule has 0 saturated carbocycles. The lowest BCUT2D eigenvalue weighted by Gasteiger charge is -2.18. The fourth-order valence-electron chi connectivity index (χ4n) is 4.35. The maximum Gasteiger partial charge on any atom is 0.322 e. The van der Waals surface area contributed by atoms with Gasteiger partial charge in [-0.3, -0.25) is 9.59 Å². The Labute approximate surface area is 225 Å². The highest BCUT2D eigenvalue weighted by Gasteiger charge is 2.28. The van der Waals surface area contributed by atoms with Gasteiger partial charge >= 0.3 is 5.97 Å². The van der Waals surface area contributed by atoms with Gasteiger partial charge in [0, 0.05) is 16.5 Å². The van der Waals surface area contributed by atoms with Crippen LogP contribution in [0.3, 0.4) is 0 Å². The van der Waals surface area contributed by atoms with Gasteiger partial charge in [-0.1, -0.05) is 74.5 Å². The van der Waals surface area contributed by atoms with E-state index in [9.17, 15) is 23.1 Å². The van der Waals surface area contributed by atoms with E-state index < -0.39 is 28.0 Å². The second-order valence-corrected chi connectivity index (χ2v) is 11.3. The van der Waals surface area contributed by atoms with Crippen molar-refractivity contribution >= 4 is 49.3 Å². The minimum atomic E-state index is -4.00. The smallest absolute Gasteiger partial charge is 0.322 e. The highest BCUT2D eigenvalue weighted by molar-refractivity contribution is 7.89. The average Bonchev–Trinajstić information content (AvgIpc) is 3.37. The number of furan rings is 1. The third kappa shape index (κ3) is 5.41. The van der Waals surface area contributed by atoms with E-state index in [1.165, 1.54) is 12.1 Å². The van der Waals surface area contributed by atoms with Crippen molar-refractivity contribution in [3.8, 4) is 11.1 Å². The van der Waals surface area contributed by atoms with Gasteiger partial charge in [0.05, 0.1) is 4.90 Å². The molecule has 198 valence electrons. The maximum absolute atomic E-state index is 12.9. The fraction of sp³-hybridized carbons (Fsp3) is 0.133. The van der Waals surface area contributed by atoms with Crippen LogP contribution in [-0.2, 0) is 14.8 Å². The van der Waals surface area contributed by atoms with Crippen LogP contribution in [0.4, 0.5) is 5.69 Å². The third-order valence-corrected chi connectivity index (χ3v) is 7.95. The van der Waals surface area contributed by atoms with E-state index in [-0.39, 0.29) is 16.6 Å². The Balaban J connectivity index is 1.29. The first-order valence-corrected chi connectivity index (χ1v) is 13.8. The van der Waals surface area contributed by atoms with E-state index in [0.717, 1.165) is 27.3 Å². The van der Waals surface area contributed by atoms with Gasteiger partial charge in [-0.05, 0) is 52.8 Å². The molecule has 4 aromatic carbocycles. The number of sulfonamides is 1. The Hall–Kier alpha value is -4.47. The zero-order valence-electron chi connectivity index (χ0n) is 21.2. The first kappa shape index (κ1) is 26.1. The van der Waals surface area contributed by atoms with Gasteiger partial charge in [0.2, 0.25) is 10.0 Å². The van der Waals surface area contributed by atoms with Crippen molar-refractivity contribution < 1.29 is 27.5 Å². The third-order valence-electron chi connectivity index (χ3n) is 6.49. The number of hydrogen-bond acceptors (Lipinski definition) is 5. The molecule has 3 N–H and O–H groups in total. The van der Waals surface area contributed by atoms with E-state index in [4.69, 9.17) is 4.42 Å². The fourth-order valence-corrected chi connectivity index (χ4v) is 5.69. The molecule has 1 aromatic heterocycles. The zero-order valence-corrected chi connectivity index (χ0v) is 22.0. The van der Waals surface area contributed by atoms with Gasteiger partial charge in [-0.2, -0.15) is 4.72 Å². The van der Waals surface area contributed by atoms with Crippen LogP contribution in [0, 0.1) is 5.92 Å². The standard InChI is InChI=1S/C30H26N2O6S/c1-18(2)27(30(34)35)32-39(36,37)24-15-11-20(12-16-24)19-9-13-23(14-10-19)31-29(33)26-17-22-8-7-21-5-3-4-6-25(21)28(22)38-26/h3-18,27,32H,1-2H3,(H,31,33)(H,34,35)/t27-/m0/s1. The number of aliphatic carboxylic acids is 1. The van der Waals surface area contributed by atoms with Crippen LogP contribution in [0.2, 0.25) is 0 Å². The summed E-state index contributed by atoms with van der Waals surface area (Å²) < 4.78 is 33.5. The summed E-state index contributed by atoms with van der Waals surface area (Å²) in [4.78, 5) is 24.2. The maximum atomic E-state index is 12.9. The monoisotopic (exact) mass is 542 g/mol. The second kappa shape index (κ2) is 10.4. The summed E-state index contributed by atoms with van der Waals surface area (Å²) in [5, 5.41) is 15.0. The molecule has 0 unspecified atom stereocenters. The summed E-state index contributed by atoms with van der Waals surface area (Å²) in [5.41, 5.74) is 2.81. The van der Waals surface area contributed by atoms with Gasteiger partial charge < -0.3 is 14.8 Å². The Morgan fingerprint density at radius 3 is 2.08 bits per heavy atom. The second-order valence-electron chi connectivity index (χ2n) is 9.55. The Morgan fingerprint density at radius 1 is 0.821 bits per heavy atom. The predicted octanol–water partition coefficient (Wildman–Crippen LogP) is 5.89. The molecule has 0 radical (unpaired) electrons. The number of amides is 1. The van der Waals surface area contributed by atoms with E-state index >= 15 is 0 Å². The number of nitrogens with one attached hydrogen (secondary N) is 2. The highest BCUT2D eigenvalue weighted by atomic mass is 32.2. The largest absolute Gasteiger partial charge is 0.480 e. The molecule has 9 heteroatoms. The number of hydrogen-bond donors (Lipinski definition) is 3. The van der Waals surface area contributed by atoms with Crippen molar-refractivity contribution in [1.29, 1.82) is 0 Å². The van der Waals surface area contributed by atoms with E-state index in [2.05, 4.69) is 10.0 Å². The molecule has 1 atom stereocenters. The number of carboxylic acid groups (broad SMARTS) is 1. The van der Waals surface area contributed by atoms with Crippen LogP contribution >= 0.6 is 0 Å². The molecule has 1 heterocycles. The number of fused-ring (bicyclic) bond motifs is 3. The lowest BCUT2D eigenvalue weighted by molar-refractivity contribution is -0.140. The zero-order chi connectivity index (χ0) is 27.7. The van der Waals surface area contributed by atoms with Gasteiger partial charge in [-0.25, -0.2) is 8.42 Å². The summed E-state index contributed by atoms with van der Waals surface area (Å²) in [5.74, 6) is -1.81. The number of benzene rings is 4.